The third kappa shape index (κ3) is 4.16. The Hall–Kier alpha value is -0.810. The van der Waals surface area contributed by atoms with E-state index in [4.69, 9.17) is 4.74 Å². The quantitative estimate of drug-likeness (QED) is 0.790. The van der Waals surface area contributed by atoms with Crippen LogP contribution >= 0.6 is 11.8 Å². The summed E-state index contributed by atoms with van der Waals surface area (Å²) in [4.78, 5) is 8.70. The van der Waals surface area contributed by atoms with Gasteiger partial charge in [0.15, 0.2) is 0 Å². The van der Waals surface area contributed by atoms with Crippen molar-refractivity contribution >= 4 is 17.6 Å². The summed E-state index contributed by atoms with van der Waals surface area (Å²) in [5.41, 5.74) is 0. The van der Waals surface area contributed by atoms with Crippen LogP contribution in [0.2, 0.25) is 0 Å². The van der Waals surface area contributed by atoms with E-state index in [9.17, 15) is 0 Å². The molecule has 1 atom stereocenters. The Morgan fingerprint density at radius 2 is 2.47 bits per heavy atom. The van der Waals surface area contributed by atoms with Gasteiger partial charge >= 0.3 is 0 Å². The summed E-state index contributed by atoms with van der Waals surface area (Å²) in [6, 6.07) is 0. The maximum absolute atomic E-state index is 5.59. The van der Waals surface area contributed by atoms with E-state index in [1.807, 2.05) is 6.20 Å². The molecule has 1 unspecified atom stereocenters. The van der Waals surface area contributed by atoms with Gasteiger partial charge in [0.05, 0.1) is 18.5 Å². The molecule has 0 bridgehead atoms. The normalized spacial score (nSPS) is 19.5. The van der Waals surface area contributed by atoms with Crippen molar-refractivity contribution in [2.75, 3.05) is 24.2 Å². The fourth-order valence-electron chi connectivity index (χ4n) is 1.71. The second kappa shape index (κ2) is 6.81. The summed E-state index contributed by atoms with van der Waals surface area (Å²) >= 11 is 1.73. The zero-order chi connectivity index (χ0) is 11.9. The minimum absolute atomic E-state index is 0.397. The molecular formula is C12H19N3OS. The van der Waals surface area contributed by atoms with Gasteiger partial charge < -0.3 is 10.1 Å². The van der Waals surface area contributed by atoms with Crippen molar-refractivity contribution in [2.45, 2.75) is 37.3 Å². The molecule has 1 aromatic heterocycles. The Morgan fingerprint density at radius 3 is 3.24 bits per heavy atom. The summed E-state index contributed by atoms with van der Waals surface area (Å²) in [5, 5.41) is 4.22. The first kappa shape index (κ1) is 12.6. The lowest BCUT2D eigenvalue weighted by Gasteiger charge is -2.09. The highest BCUT2D eigenvalue weighted by atomic mass is 32.2. The predicted molar refractivity (Wildman–Crippen MR) is 70.5 cm³/mol. The van der Waals surface area contributed by atoms with Gasteiger partial charge in [-0.3, -0.25) is 4.98 Å². The fraction of sp³-hybridized carbons (Fsp3) is 0.667. The van der Waals surface area contributed by atoms with Crippen LogP contribution in [0.15, 0.2) is 17.4 Å². The average molecular weight is 253 g/mol. The summed E-state index contributed by atoms with van der Waals surface area (Å²) in [5.74, 6) is 1.84. The molecule has 1 saturated heterocycles. The van der Waals surface area contributed by atoms with E-state index in [0.29, 0.717) is 6.10 Å². The lowest BCUT2D eigenvalue weighted by molar-refractivity contribution is 0.129. The van der Waals surface area contributed by atoms with Crippen molar-refractivity contribution in [2.24, 2.45) is 0 Å². The Morgan fingerprint density at radius 1 is 1.53 bits per heavy atom. The first-order valence-electron chi connectivity index (χ1n) is 6.19. The highest BCUT2D eigenvalue weighted by Crippen LogP contribution is 2.22. The number of ether oxygens (including phenoxy) is 1. The number of nitrogens with one attached hydrogen (secondary N) is 1. The third-order valence-electron chi connectivity index (χ3n) is 2.61. The molecule has 2 rings (SSSR count). The van der Waals surface area contributed by atoms with Crippen molar-refractivity contribution in [1.82, 2.24) is 9.97 Å². The molecule has 1 aliphatic rings. The number of hydrogen-bond acceptors (Lipinski definition) is 5. The third-order valence-corrected chi connectivity index (χ3v) is 3.64. The summed E-state index contributed by atoms with van der Waals surface area (Å²) in [6.07, 6.45) is 7.44. The maximum Gasteiger partial charge on any atom is 0.145 e. The van der Waals surface area contributed by atoms with E-state index in [1.54, 1.807) is 18.0 Å². The van der Waals surface area contributed by atoms with Crippen LogP contribution < -0.4 is 5.32 Å². The van der Waals surface area contributed by atoms with Crippen molar-refractivity contribution in [3.05, 3.63) is 12.4 Å². The van der Waals surface area contributed by atoms with Crippen LogP contribution in [-0.4, -0.2) is 35.0 Å². The number of aromatic nitrogens is 2. The second-order valence-corrected chi connectivity index (χ2v) is 5.16. The predicted octanol–water partition coefficient (Wildman–Crippen LogP) is 2.57. The van der Waals surface area contributed by atoms with Gasteiger partial charge in [0.1, 0.15) is 10.8 Å². The fourth-order valence-corrected chi connectivity index (χ4v) is 2.63. The van der Waals surface area contributed by atoms with Gasteiger partial charge in [-0.25, -0.2) is 4.98 Å². The molecule has 0 spiro atoms. The summed E-state index contributed by atoms with van der Waals surface area (Å²) in [6.45, 7) is 3.99. The molecule has 4 nitrogen and oxygen atoms in total. The van der Waals surface area contributed by atoms with Crippen molar-refractivity contribution < 1.29 is 4.74 Å². The topological polar surface area (TPSA) is 47.0 Å². The highest BCUT2D eigenvalue weighted by Gasteiger charge is 2.15. The Kier molecular flexibility index (Phi) is 5.07. The molecule has 1 N–H and O–H groups in total. The highest BCUT2D eigenvalue weighted by molar-refractivity contribution is 7.99. The first-order valence-corrected chi connectivity index (χ1v) is 7.17. The Labute approximate surface area is 107 Å². The Bertz CT molecular complexity index is 342. The van der Waals surface area contributed by atoms with Crippen molar-refractivity contribution in [1.29, 1.82) is 0 Å². The van der Waals surface area contributed by atoms with Crippen LogP contribution in [0.3, 0.4) is 0 Å². The van der Waals surface area contributed by atoms with Gasteiger partial charge in [-0.05, 0) is 19.3 Å². The van der Waals surface area contributed by atoms with Gasteiger partial charge in [-0.1, -0.05) is 6.92 Å². The zero-order valence-corrected chi connectivity index (χ0v) is 11.0. The number of nitrogens with zero attached hydrogens (tertiary/aromatic N) is 2. The lowest BCUT2D eigenvalue weighted by atomic mass is 10.3. The van der Waals surface area contributed by atoms with Crippen molar-refractivity contribution in [3.63, 3.8) is 0 Å². The van der Waals surface area contributed by atoms with Gasteiger partial charge in [0, 0.05) is 18.9 Å². The smallest absolute Gasteiger partial charge is 0.145 e. The van der Waals surface area contributed by atoms with Crippen LogP contribution in [0.25, 0.3) is 0 Å². The monoisotopic (exact) mass is 253 g/mol. The van der Waals surface area contributed by atoms with Crippen LogP contribution in [0.1, 0.15) is 26.2 Å². The molecule has 0 radical (unpaired) electrons. The zero-order valence-electron chi connectivity index (χ0n) is 10.2. The van der Waals surface area contributed by atoms with Gasteiger partial charge in [0.25, 0.3) is 0 Å². The van der Waals surface area contributed by atoms with E-state index in [-0.39, 0.29) is 0 Å². The second-order valence-electron chi connectivity index (χ2n) is 4.12. The number of anilines is 1. The number of thioether (sulfide) groups is 1. The summed E-state index contributed by atoms with van der Waals surface area (Å²) < 4.78 is 5.59. The molecule has 2 heterocycles. The van der Waals surface area contributed by atoms with Gasteiger partial charge in [-0.2, -0.15) is 0 Å². The van der Waals surface area contributed by atoms with Crippen LogP contribution in [0.5, 0.6) is 0 Å². The molecule has 0 aromatic carbocycles. The molecule has 1 aliphatic heterocycles. The number of rotatable bonds is 6. The largest absolute Gasteiger partial charge is 0.377 e. The molecule has 1 fully saturated rings. The van der Waals surface area contributed by atoms with E-state index in [1.165, 1.54) is 12.8 Å². The SMILES string of the molecule is CCCNc1cncc(SCC2CCCO2)n1. The minimum atomic E-state index is 0.397. The molecule has 1 aromatic rings. The van der Waals surface area contributed by atoms with Crippen molar-refractivity contribution in [3.8, 4) is 0 Å². The van der Waals surface area contributed by atoms with Crippen LogP contribution in [-0.2, 0) is 4.74 Å². The van der Waals surface area contributed by atoms with E-state index in [2.05, 4.69) is 22.2 Å². The average Bonchev–Trinajstić information content (AvgIpc) is 2.87. The molecule has 5 heteroatoms. The molecule has 94 valence electrons. The molecule has 0 aliphatic carbocycles. The minimum Gasteiger partial charge on any atom is -0.377 e. The van der Waals surface area contributed by atoms with Gasteiger partial charge in [-0.15, -0.1) is 11.8 Å². The molecular weight excluding hydrogens is 234 g/mol. The van der Waals surface area contributed by atoms with Crippen LogP contribution in [0.4, 0.5) is 5.82 Å². The molecule has 0 saturated carbocycles. The lowest BCUT2D eigenvalue weighted by Crippen LogP contribution is -2.08. The number of hydrogen-bond donors (Lipinski definition) is 1. The van der Waals surface area contributed by atoms with Gasteiger partial charge in [0.2, 0.25) is 0 Å². The van der Waals surface area contributed by atoms with E-state index >= 15 is 0 Å². The van der Waals surface area contributed by atoms with Crippen LogP contribution in [0, 0.1) is 0 Å². The maximum atomic E-state index is 5.59. The summed E-state index contributed by atoms with van der Waals surface area (Å²) in [7, 11) is 0. The molecule has 17 heavy (non-hydrogen) atoms. The standard InChI is InChI=1S/C12H19N3OS/c1-2-5-14-11-7-13-8-12(15-11)17-9-10-4-3-6-16-10/h7-8,10H,2-6,9H2,1H3,(H,14,15). The first-order chi connectivity index (χ1) is 8.38. The van der Waals surface area contributed by atoms with E-state index < -0.39 is 0 Å². The van der Waals surface area contributed by atoms with E-state index in [0.717, 1.165) is 36.2 Å². The Balaban J connectivity index is 1.82. The molecule has 0 amide bonds.